The highest BCUT2D eigenvalue weighted by molar-refractivity contribution is 6.00. The molecule has 4 rings (SSSR count). The average molecular weight is 374 g/mol. The number of carbonyl (C=O) groups is 1. The first-order valence-electron chi connectivity index (χ1n) is 9.24. The van der Waals surface area contributed by atoms with Crippen LogP contribution in [0.2, 0.25) is 0 Å². The van der Waals surface area contributed by atoms with Crippen LogP contribution in [0.1, 0.15) is 33.1 Å². The Balaban J connectivity index is 1.84. The van der Waals surface area contributed by atoms with Crippen LogP contribution in [0, 0.1) is 0 Å². The molecule has 2 aromatic carbocycles. The van der Waals surface area contributed by atoms with Gasteiger partial charge in [-0.25, -0.2) is 0 Å². The van der Waals surface area contributed by atoms with E-state index in [-0.39, 0.29) is 11.9 Å². The first-order chi connectivity index (χ1) is 13.7. The fourth-order valence-electron chi connectivity index (χ4n) is 3.90. The van der Waals surface area contributed by atoms with Crippen molar-refractivity contribution in [2.24, 2.45) is 0 Å². The Kier molecular flexibility index (Phi) is 4.98. The number of nitrogens with zero attached hydrogens (tertiary/aromatic N) is 2. The molecule has 0 spiro atoms. The summed E-state index contributed by atoms with van der Waals surface area (Å²) < 4.78 is 10.9. The van der Waals surface area contributed by atoms with E-state index in [1.54, 1.807) is 38.7 Å². The van der Waals surface area contributed by atoms with Crippen molar-refractivity contribution >= 4 is 5.91 Å². The molecule has 3 aromatic rings. The van der Waals surface area contributed by atoms with Gasteiger partial charge in [-0.3, -0.25) is 9.78 Å². The summed E-state index contributed by atoms with van der Waals surface area (Å²) in [6.07, 6.45) is 4.33. The molecule has 1 unspecified atom stereocenters. The molecule has 1 atom stereocenters. The van der Waals surface area contributed by atoms with E-state index in [0.717, 1.165) is 17.5 Å². The summed E-state index contributed by atoms with van der Waals surface area (Å²) in [5.74, 6) is 0.916. The molecule has 142 valence electrons. The topological polar surface area (TPSA) is 51.7 Å². The highest BCUT2D eigenvalue weighted by Gasteiger charge is 2.34. The number of hydrogen-bond donors (Lipinski definition) is 0. The van der Waals surface area contributed by atoms with E-state index in [1.165, 1.54) is 5.56 Å². The third kappa shape index (κ3) is 3.09. The van der Waals surface area contributed by atoms with Gasteiger partial charge < -0.3 is 14.4 Å². The lowest BCUT2D eigenvalue weighted by molar-refractivity contribution is 0.0687. The maximum atomic E-state index is 13.7. The number of methoxy groups -OCH3 is 2. The van der Waals surface area contributed by atoms with Crippen LogP contribution < -0.4 is 9.47 Å². The molecule has 1 amide bonds. The molecular formula is C23H22N2O3. The minimum absolute atomic E-state index is 0.106. The monoisotopic (exact) mass is 374 g/mol. The third-order valence-electron chi connectivity index (χ3n) is 5.21. The maximum absolute atomic E-state index is 13.7. The molecule has 0 bridgehead atoms. The number of rotatable bonds is 4. The predicted octanol–water partition coefficient (Wildman–Crippen LogP) is 3.89. The fourth-order valence-corrected chi connectivity index (χ4v) is 3.90. The van der Waals surface area contributed by atoms with E-state index in [4.69, 9.17) is 9.47 Å². The number of amides is 1. The molecule has 1 aromatic heterocycles. The van der Waals surface area contributed by atoms with E-state index >= 15 is 0 Å². The lowest BCUT2D eigenvalue weighted by Crippen LogP contribution is -2.40. The molecule has 1 aliphatic heterocycles. The van der Waals surface area contributed by atoms with Crippen LogP contribution in [0.15, 0.2) is 67.0 Å². The number of ether oxygens (including phenoxy) is 2. The molecule has 0 radical (unpaired) electrons. The first kappa shape index (κ1) is 18.0. The molecule has 2 heterocycles. The summed E-state index contributed by atoms with van der Waals surface area (Å²) in [7, 11) is 3.13. The van der Waals surface area contributed by atoms with Crippen molar-refractivity contribution in [2.75, 3.05) is 20.8 Å². The summed E-state index contributed by atoms with van der Waals surface area (Å²) in [4.78, 5) is 19.7. The summed E-state index contributed by atoms with van der Waals surface area (Å²) >= 11 is 0. The van der Waals surface area contributed by atoms with Gasteiger partial charge in [0.15, 0.2) is 0 Å². The van der Waals surface area contributed by atoms with Gasteiger partial charge in [0, 0.05) is 18.9 Å². The van der Waals surface area contributed by atoms with Gasteiger partial charge in [0.05, 0.1) is 20.3 Å². The van der Waals surface area contributed by atoms with Gasteiger partial charge in [-0.1, -0.05) is 30.3 Å². The average Bonchev–Trinajstić information content (AvgIpc) is 2.77. The SMILES string of the molecule is COc1cccc(OC)c1C(=O)N1CCc2ccccc2C1c1ccncc1. The van der Waals surface area contributed by atoms with Gasteiger partial charge in [-0.15, -0.1) is 0 Å². The maximum Gasteiger partial charge on any atom is 0.262 e. The number of pyridine rings is 1. The van der Waals surface area contributed by atoms with Crippen LogP contribution in [-0.2, 0) is 6.42 Å². The second kappa shape index (κ2) is 7.72. The minimum atomic E-state index is -0.185. The molecule has 28 heavy (non-hydrogen) atoms. The van der Waals surface area contributed by atoms with Crippen molar-refractivity contribution in [2.45, 2.75) is 12.5 Å². The molecule has 5 nitrogen and oxygen atoms in total. The molecule has 0 saturated heterocycles. The first-order valence-corrected chi connectivity index (χ1v) is 9.24. The zero-order valence-corrected chi connectivity index (χ0v) is 16.0. The van der Waals surface area contributed by atoms with E-state index in [9.17, 15) is 4.79 Å². The smallest absolute Gasteiger partial charge is 0.262 e. The lowest BCUT2D eigenvalue weighted by Gasteiger charge is -2.38. The summed E-state index contributed by atoms with van der Waals surface area (Å²) in [5.41, 5.74) is 3.89. The number of fused-ring (bicyclic) bond motifs is 1. The number of aromatic nitrogens is 1. The molecule has 0 saturated carbocycles. The normalized spacial score (nSPS) is 15.6. The van der Waals surface area contributed by atoms with Gasteiger partial charge >= 0.3 is 0 Å². The van der Waals surface area contributed by atoms with Crippen LogP contribution in [0.5, 0.6) is 11.5 Å². The van der Waals surface area contributed by atoms with Gasteiger partial charge in [0.1, 0.15) is 17.1 Å². The van der Waals surface area contributed by atoms with Crippen molar-refractivity contribution in [3.63, 3.8) is 0 Å². The zero-order chi connectivity index (χ0) is 19.5. The van der Waals surface area contributed by atoms with Crippen LogP contribution in [0.4, 0.5) is 0 Å². The van der Waals surface area contributed by atoms with Crippen LogP contribution in [0.25, 0.3) is 0 Å². The van der Waals surface area contributed by atoms with E-state index in [2.05, 4.69) is 17.1 Å². The third-order valence-corrected chi connectivity index (χ3v) is 5.21. The van der Waals surface area contributed by atoms with Crippen LogP contribution in [-0.4, -0.2) is 36.6 Å². The van der Waals surface area contributed by atoms with Gasteiger partial charge in [0.25, 0.3) is 5.91 Å². The van der Waals surface area contributed by atoms with E-state index in [0.29, 0.717) is 23.6 Å². The van der Waals surface area contributed by atoms with Crippen molar-refractivity contribution in [1.29, 1.82) is 0 Å². The predicted molar refractivity (Wildman–Crippen MR) is 107 cm³/mol. The zero-order valence-electron chi connectivity index (χ0n) is 16.0. The summed E-state index contributed by atoms with van der Waals surface area (Å²) in [6.45, 7) is 0.615. The fraction of sp³-hybridized carbons (Fsp3) is 0.217. The molecule has 0 fully saturated rings. The van der Waals surface area contributed by atoms with Crippen molar-refractivity contribution < 1.29 is 14.3 Å². The summed E-state index contributed by atoms with van der Waals surface area (Å²) in [6, 6.07) is 17.4. The van der Waals surface area contributed by atoms with Gasteiger partial charge in [0.2, 0.25) is 0 Å². The Bertz CT molecular complexity index is 966. The second-order valence-corrected chi connectivity index (χ2v) is 6.67. The summed E-state index contributed by atoms with van der Waals surface area (Å²) in [5, 5.41) is 0. The largest absolute Gasteiger partial charge is 0.496 e. The Labute approximate surface area is 164 Å². The van der Waals surface area contributed by atoms with Gasteiger partial charge in [-0.05, 0) is 47.4 Å². The van der Waals surface area contributed by atoms with Gasteiger partial charge in [-0.2, -0.15) is 0 Å². The Morgan fingerprint density at radius 2 is 1.64 bits per heavy atom. The quantitative estimate of drug-likeness (QED) is 0.695. The van der Waals surface area contributed by atoms with Crippen molar-refractivity contribution in [3.05, 3.63) is 89.2 Å². The lowest BCUT2D eigenvalue weighted by atomic mass is 9.88. The van der Waals surface area contributed by atoms with E-state index in [1.807, 2.05) is 35.2 Å². The molecule has 0 N–H and O–H groups in total. The van der Waals surface area contributed by atoms with Crippen LogP contribution >= 0.6 is 0 Å². The van der Waals surface area contributed by atoms with E-state index < -0.39 is 0 Å². The standard InChI is InChI=1S/C23H22N2O3/c1-27-19-8-5-9-20(28-2)21(19)23(26)25-15-12-16-6-3-4-7-18(16)22(25)17-10-13-24-14-11-17/h3-11,13-14,22H,12,15H2,1-2H3. The Morgan fingerprint density at radius 1 is 0.964 bits per heavy atom. The number of carbonyl (C=O) groups excluding carboxylic acids is 1. The molecular weight excluding hydrogens is 352 g/mol. The molecule has 1 aliphatic rings. The molecule has 0 aliphatic carbocycles. The molecule has 5 heteroatoms. The minimum Gasteiger partial charge on any atom is -0.496 e. The highest BCUT2D eigenvalue weighted by atomic mass is 16.5. The van der Waals surface area contributed by atoms with Crippen molar-refractivity contribution in [1.82, 2.24) is 9.88 Å². The number of benzene rings is 2. The second-order valence-electron chi connectivity index (χ2n) is 6.67. The van der Waals surface area contributed by atoms with Crippen LogP contribution in [0.3, 0.4) is 0 Å². The highest BCUT2D eigenvalue weighted by Crippen LogP contribution is 2.38. The number of hydrogen-bond acceptors (Lipinski definition) is 4. The Hall–Kier alpha value is -3.34. The Morgan fingerprint density at radius 3 is 2.32 bits per heavy atom. The van der Waals surface area contributed by atoms with Crippen molar-refractivity contribution in [3.8, 4) is 11.5 Å².